The highest BCUT2D eigenvalue weighted by Crippen LogP contribution is 2.30. The third-order valence-corrected chi connectivity index (χ3v) is 3.76. The van der Waals surface area contributed by atoms with Gasteiger partial charge in [-0.3, -0.25) is 4.79 Å². The van der Waals surface area contributed by atoms with Gasteiger partial charge in [-0.25, -0.2) is 9.59 Å². The molecule has 0 saturated carbocycles. The normalized spacial score (nSPS) is 21.6. The van der Waals surface area contributed by atoms with E-state index in [0.717, 1.165) is 0 Å². The molecule has 1 atom stereocenters. The van der Waals surface area contributed by atoms with Crippen LogP contribution in [0.25, 0.3) is 0 Å². The highest BCUT2D eigenvalue weighted by molar-refractivity contribution is 5.86. The highest BCUT2D eigenvalue weighted by Gasteiger charge is 2.46. The number of esters is 1. The molecule has 1 aliphatic rings. The molecular formula is C13H22N2O5. The molecule has 0 aromatic carbocycles. The summed E-state index contributed by atoms with van der Waals surface area (Å²) in [5.74, 6) is -1.30. The van der Waals surface area contributed by atoms with E-state index in [4.69, 9.17) is 0 Å². The minimum Gasteiger partial charge on any atom is -0.480 e. The highest BCUT2D eigenvalue weighted by atomic mass is 16.5. The lowest BCUT2D eigenvalue weighted by molar-refractivity contribution is -0.147. The van der Waals surface area contributed by atoms with Crippen molar-refractivity contribution in [2.24, 2.45) is 0 Å². The van der Waals surface area contributed by atoms with Gasteiger partial charge in [0, 0.05) is 26.6 Å². The summed E-state index contributed by atoms with van der Waals surface area (Å²) in [6.07, 6.45) is 1.88. The van der Waals surface area contributed by atoms with Crippen LogP contribution in [0.15, 0.2) is 0 Å². The van der Waals surface area contributed by atoms with Crippen molar-refractivity contribution in [3.63, 3.8) is 0 Å². The number of hydrogen-bond acceptors (Lipinski definition) is 4. The first kappa shape index (κ1) is 16.3. The minimum atomic E-state index is -1.13. The third-order valence-electron chi connectivity index (χ3n) is 3.76. The van der Waals surface area contributed by atoms with Gasteiger partial charge in [0.15, 0.2) is 0 Å². The Morgan fingerprint density at radius 1 is 1.40 bits per heavy atom. The molecule has 1 aliphatic heterocycles. The van der Waals surface area contributed by atoms with Gasteiger partial charge in [-0.15, -0.1) is 0 Å². The molecule has 0 aliphatic carbocycles. The molecule has 1 rings (SSSR count). The minimum absolute atomic E-state index is 0.240. The molecule has 114 valence electrons. The van der Waals surface area contributed by atoms with Crippen LogP contribution in [0.2, 0.25) is 0 Å². The zero-order valence-electron chi connectivity index (χ0n) is 12.2. The second kappa shape index (κ2) is 6.58. The lowest BCUT2D eigenvalue weighted by Crippen LogP contribution is -2.54. The fraction of sp³-hybridized carbons (Fsp3) is 0.769. The Hall–Kier alpha value is -1.79. The van der Waals surface area contributed by atoms with Crippen LogP contribution in [0.4, 0.5) is 4.79 Å². The molecule has 20 heavy (non-hydrogen) atoms. The molecule has 2 amide bonds. The Bertz CT molecular complexity index is 398. The van der Waals surface area contributed by atoms with E-state index in [1.54, 1.807) is 14.0 Å². The van der Waals surface area contributed by atoms with Gasteiger partial charge in [-0.2, -0.15) is 0 Å². The van der Waals surface area contributed by atoms with Gasteiger partial charge in [0.1, 0.15) is 5.54 Å². The Balaban J connectivity index is 2.56. The average Bonchev–Trinajstić information content (AvgIpc) is 2.80. The van der Waals surface area contributed by atoms with Crippen molar-refractivity contribution in [2.45, 2.75) is 38.1 Å². The van der Waals surface area contributed by atoms with E-state index in [1.165, 1.54) is 16.9 Å². The summed E-state index contributed by atoms with van der Waals surface area (Å²) < 4.78 is 4.53. The van der Waals surface area contributed by atoms with Crippen LogP contribution < -0.4 is 0 Å². The monoisotopic (exact) mass is 286 g/mol. The molecule has 1 unspecified atom stereocenters. The average molecular weight is 286 g/mol. The van der Waals surface area contributed by atoms with Gasteiger partial charge in [-0.1, -0.05) is 0 Å². The van der Waals surface area contributed by atoms with Crippen molar-refractivity contribution < 1.29 is 24.2 Å². The predicted molar refractivity (Wildman–Crippen MR) is 71.3 cm³/mol. The van der Waals surface area contributed by atoms with Gasteiger partial charge in [0.05, 0.1) is 7.11 Å². The van der Waals surface area contributed by atoms with Gasteiger partial charge in [0.2, 0.25) is 0 Å². The quantitative estimate of drug-likeness (QED) is 0.760. The van der Waals surface area contributed by atoms with Crippen LogP contribution in [0, 0.1) is 0 Å². The smallest absolute Gasteiger partial charge is 0.329 e. The predicted octanol–water partition coefficient (Wildman–Crippen LogP) is 0.930. The van der Waals surface area contributed by atoms with E-state index < -0.39 is 11.5 Å². The molecule has 0 bridgehead atoms. The first-order valence-corrected chi connectivity index (χ1v) is 6.66. The van der Waals surface area contributed by atoms with E-state index in [9.17, 15) is 19.5 Å². The number of rotatable bonds is 5. The van der Waals surface area contributed by atoms with Gasteiger partial charge in [-0.05, 0) is 26.2 Å². The fourth-order valence-corrected chi connectivity index (χ4v) is 2.36. The summed E-state index contributed by atoms with van der Waals surface area (Å²) in [5, 5.41) is 9.28. The topological polar surface area (TPSA) is 87.2 Å². The first-order valence-electron chi connectivity index (χ1n) is 6.66. The van der Waals surface area contributed by atoms with E-state index in [1.807, 2.05) is 0 Å². The Kier molecular flexibility index (Phi) is 5.35. The summed E-state index contributed by atoms with van der Waals surface area (Å²) in [6, 6.07) is -0.308. The second-order valence-electron chi connectivity index (χ2n) is 5.22. The number of aliphatic carboxylic acids is 1. The molecule has 1 N–H and O–H groups in total. The van der Waals surface area contributed by atoms with Crippen molar-refractivity contribution in [2.75, 3.05) is 27.2 Å². The SMILES string of the molecule is COC(=O)CCCN(C)C(=O)N1CCCC1(C)C(=O)O. The molecule has 1 saturated heterocycles. The number of carbonyl (C=O) groups is 3. The maximum atomic E-state index is 12.3. The van der Waals surface area contributed by atoms with Crippen molar-refractivity contribution in [1.29, 1.82) is 0 Å². The zero-order chi connectivity index (χ0) is 15.3. The lowest BCUT2D eigenvalue weighted by Gasteiger charge is -2.34. The molecule has 0 aromatic heterocycles. The van der Waals surface area contributed by atoms with E-state index in [0.29, 0.717) is 32.4 Å². The molecule has 7 heteroatoms. The maximum Gasteiger partial charge on any atom is 0.329 e. The lowest BCUT2D eigenvalue weighted by atomic mass is 10.00. The van der Waals surface area contributed by atoms with Crippen LogP contribution in [0.1, 0.15) is 32.6 Å². The number of nitrogens with zero attached hydrogens (tertiary/aromatic N) is 2. The summed E-state index contributed by atoms with van der Waals surface area (Å²) in [4.78, 5) is 37.5. The van der Waals surface area contributed by atoms with E-state index in [2.05, 4.69) is 4.74 Å². The summed E-state index contributed by atoms with van der Waals surface area (Å²) in [6.45, 7) is 2.41. The van der Waals surface area contributed by atoms with Crippen LogP contribution in [-0.4, -0.2) is 65.7 Å². The Morgan fingerprint density at radius 2 is 2.05 bits per heavy atom. The van der Waals surface area contributed by atoms with E-state index in [-0.39, 0.29) is 18.4 Å². The number of carboxylic acid groups (broad SMARTS) is 1. The zero-order valence-corrected chi connectivity index (χ0v) is 12.2. The first-order chi connectivity index (χ1) is 9.32. The molecular weight excluding hydrogens is 264 g/mol. The second-order valence-corrected chi connectivity index (χ2v) is 5.22. The van der Waals surface area contributed by atoms with Gasteiger partial charge < -0.3 is 19.6 Å². The van der Waals surface area contributed by atoms with Crippen molar-refractivity contribution >= 4 is 18.0 Å². The van der Waals surface area contributed by atoms with Crippen LogP contribution in [0.5, 0.6) is 0 Å². The number of likely N-dealkylation sites (tertiary alicyclic amines) is 1. The van der Waals surface area contributed by atoms with Crippen LogP contribution in [-0.2, 0) is 14.3 Å². The number of urea groups is 1. The number of ether oxygens (including phenoxy) is 1. The fourth-order valence-electron chi connectivity index (χ4n) is 2.36. The maximum absolute atomic E-state index is 12.3. The summed E-state index contributed by atoms with van der Waals surface area (Å²) in [5.41, 5.74) is -1.13. The number of carboxylic acids is 1. The third kappa shape index (κ3) is 3.40. The van der Waals surface area contributed by atoms with Crippen LogP contribution >= 0.6 is 0 Å². The number of methoxy groups -OCH3 is 1. The van der Waals surface area contributed by atoms with Crippen molar-refractivity contribution in [3.05, 3.63) is 0 Å². The molecule has 1 heterocycles. The van der Waals surface area contributed by atoms with Crippen molar-refractivity contribution in [3.8, 4) is 0 Å². The molecule has 0 radical (unpaired) electrons. The largest absolute Gasteiger partial charge is 0.480 e. The van der Waals surface area contributed by atoms with Crippen LogP contribution in [0.3, 0.4) is 0 Å². The van der Waals surface area contributed by atoms with Gasteiger partial charge in [0.25, 0.3) is 0 Å². The number of amides is 2. The number of carbonyl (C=O) groups excluding carboxylic acids is 2. The summed E-state index contributed by atoms with van der Waals surface area (Å²) >= 11 is 0. The Morgan fingerprint density at radius 3 is 2.60 bits per heavy atom. The van der Waals surface area contributed by atoms with E-state index >= 15 is 0 Å². The summed E-state index contributed by atoms with van der Waals surface area (Å²) in [7, 11) is 2.93. The van der Waals surface area contributed by atoms with Gasteiger partial charge >= 0.3 is 18.0 Å². The number of hydrogen-bond donors (Lipinski definition) is 1. The standard InChI is InChI=1S/C13H22N2O5/c1-13(11(17)18)7-5-9-15(13)12(19)14(2)8-4-6-10(16)20-3/h4-9H2,1-3H3,(H,17,18). The Labute approximate surface area is 118 Å². The molecule has 1 fully saturated rings. The van der Waals surface area contributed by atoms with Crippen molar-refractivity contribution in [1.82, 2.24) is 9.80 Å². The molecule has 0 spiro atoms. The molecule has 0 aromatic rings. The molecule has 7 nitrogen and oxygen atoms in total.